The van der Waals surface area contributed by atoms with Crippen LogP contribution < -0.4 is 0 Å². The Balaban J connectivity index is 2.30. The monoisotopic (exact) mass is 318 g/mol. The van der Waals surface area contributed by atoms with Crippen molar-refractivity contribution in [1.29, 1.82) is 0 Å². The van der Waals surface area contributed by atoms with E-state index in [9.17, 15) is 5.11 Å². The van der Waals surface area contributed by atoms with Crippen molar-refractivity contribution in [2.24, 2.45) is 7.05 Å². The molecule has 3 nitrogen and oxygen atoms in total. The number of halogens is 3. The zero-order valence-electron chi connectivity index (χ0n) is 10.5. The fourth-order valence-corrected chi connectivity index (χ4v) is 2.63. The molecule has 6 heteroatoms. The number of hydrogen-bond acceptors (Lipinski definition) is 2. The van der Waals surface area contributed by atoms with Gasteiger partial charge in [-0.15, -0.1) is 0 Å². The quantitative estimate of drug-likeness (QED) is 0.929. The standard InChI is InChI=1S/C13H13Cl3N2O/c1-7-13(16)11(18(2)17-7)6-12(19)9-5-8(14)3-4-10(9)15/h3-5,12,19H,6H2,1-2H3. The van der Waals surface area contributed by atoms with Gasteiger partial charge in [0.25, 0.3) is 0 Å². The summed E-state index contributed by atoms with van der Waals surface area (Å²) in [4.78, 5) is 0. The van der Waals surface area contributed by atoms with Crippen molar-refractivity contribution in [2.75, 3.05) is 0 Å². The van der Waals surface area contributed by atoms with Crippen LogP contribution in [-0.2, 0) is 13.5 Å². The zero-order valence-corrected chi connectivity index (χ0v) is 12.8. The molecule has 1 atom stereocenters. The average molecular weight is 320 g/mol. The minimum absolute atomic E-state index is 0.330. The normalized spacial score (nSPS) is 12.7. The number of hydrogen-bond donors (Lipinski definition) is 1. The van der Waals surface area contributed by atoms with Gasteiger partial charge in [0.05, 0.1) is 22.5 Å². The maximum absolute atomic E-state index is 10.3. The fourth-order valence-electron chi connectivity index (χ4n) is 1.96. The van der Waals surface area contributed by atoms with E-state index in [0.717, 1.165) is 11.4 Å². The Morgan fingerprint density at radius 3 is 2.58 bits per heavy atom. The Kier molecular flexibility index (Phi) is 4.41. The Morgan fingerprint density at radius 2 is 2.00 bits per heavy atom. The van der Waals surface area contributed by atoms with Gasteiger partial charge in [0.2, 0.25) is 0 Å². The summed E-state index contributed by atoms with van der Waals surface area (Å²) in [5.41, 5.74) is 2.09. The van der Waals surface area contributed by atoms with Crippen LogP contribution in [0, 0.1) is 6.92 Å². The van der Waals surface area contributed by atoms with Gasteiger partial charge < -0.3 is 5.11 Å². The van der Waals surface area contributed by atoms with Crippen LogP contribution in [0.3, 0.4) is 0 Å². The van der Waals surface area contributed by atoms with E-state index in [1.807, 2.05) is 6.92 Å². The first-order valence-corrected chi connectivity index (χ1v) is 6.84. The summed E-state index contributed by atoms with van der Waals surface area (Å²) in [6.07, 6.45) is -0.450. The minimum Gasteiger partial charge on any atom is -0.388 e. The summed E-state index contributed by atoms with van der Waals surface area (Å²) in [6.45, 7) is 1.82. The molecular formula is C13H13Cl3N2O. The number of benzene rings is 1. The molecule has 0 saturated carbocycles. The van der Waals surface area contributed by atoms with Gasteiger partial charge >= 0.3 is 0 Å². The van der Waals surface area contributed by atoms with Crippen molar-refractivity contribution in [2.45, 2.75) is 19.4 Å². The average Bonchev–Trinajstić information content (AvgIpc) is 2.59. The van der Waals surface area contributed by atoms with E-state index < -0.39 is 6.10 Å². The van der Waals surface area contributed by atoms with Gasteiger partial charge in [-0.3, -0.25) is 4.68 Å². The smallest absolute Gasteiger partial charge is 0.0860 e. The molecule has 0 amide bonds. The summed E-state index contributed by atoms with van der Waals surface area (Å²) < 4.78 is 1.67. The molecule has 0 radical (unpaired) electrons. The molecule has 0 aliphatic rings. The molecule has 0 aliphatic carbocycles. The van der Waals surface area contributed by atoms with Crippen LogP contribution in [0.2, 0.25) is 15.1 Å². The predicted octanol–water partition coefficient (Wildman–Crippen LogP) is 3.96. The molecular weight excluding hydrogens is 307 g/mol. The minimum atomic E-state index is -0.779. The SMILES string of the molecule is Cc1nn(C)c(CC(O)c2cc(Cl)ccc2Cl)c1Cl. The van der Waals surface area contributed by atoms with Crippen LogP contribution in [0.15, 0.2) is 18.2 Å². The first-order chi connectivity index (χ1) is 8.90. The number of aromatic nitrogens is 2. The summed E-state index contributed by atoms with van der Waals surface area (Å²) in [5, 5.41) is 16.1. The zero-order chi connectivity index (χ0) is 14.2. The summed E-state index contributed by atoms with van der Waals surface area (Å²) in [6, 6.07) is 5.01. The van der Waals surface area contributed by atoms with Crippen LogP contribution in [0.5, 0.6) is 0 Å². The van der Waals surface area contributed by atoms with Crippen LogP contribution in [-0.4, -0.2) is 14.9 Å². The highest BCUT2D eigenvalue weighted by Crippen LogP contribution is 2.30. The number of aliphatic hydroxyl groups excluding tert-OH is 1. The number of nitrogens with zero attached hydrogens (tertiary/aromatic N) is 2. The van der Waals surface area contributed by atoms with Crippen LogP contribution in [0.4, 0.5) is 0 Å². The second-order valence-corrected chi connectivity index (χ2v) is 5.58. The molecule has 0 spiro atoms. The highest BCUT2D eigenvalue weighted by molar-refractivity contribution is 6.33. The summed E-state index contributed by atoms with van der Waals surface area (Å²) in [5.74, 6) is 0. The molecule has 102 valence electrons. The van der Waals surface area contributed by atoms with Crippen molar-refractivity contribution in [1.82, 2.24) is 9.78 Å². The van der Waals surface area contributed by atoms with E-state index in [1.54, 1.807) is 29.9 Å². The highest BCUT2D eigenvalue weighted by Gasteiger charge is 2.18. The molecule has 0 saturated heterocycles. The molecule has 0 fully saturated rings. The second kappa shape index (κ2) is 5.71. The molecule has 1 unspecified atom stereocenters. The number of aliphatic hydroxyl groups is 1. The first-order valence-electron chi connectivity index (χ1n) is 5.71. The van der Waals surface area contributed by atoms with Crippen molar-refractivity contribution < 1.29 is 5.11 Å². The molecule has 19 heavy (non-hydrogen) atoms. The van der Waals surface area contributed by atoms with Gasteiger partial charge in [0, 0.05) is 29.1 Å². The number of rotatable bonds is 3. The lowest BCUT2D eigenvalue weighted by molar-refractivity contribution is 0.176. The largest absolute Gasteiger partial charge is 0.388 e. The van der Waals surface area contributed by atoms with Crippen molar-refractivity contribution in [3.05, 3.63) is 50.2 Å². The molecule has 2 rings (SSSR count). The van der Waals surface area contributed by atoms with Crippen LogP contribution >= 0.6 is 34.8 Å². The molecule has 2 aromatic rings. The van der Waals surface area contributed by atoms with E-state index in [2.05, 4.69) is 5.10 Å². The van der Waals surface area contributed by atoms with Crippen molar-refractivity contribution in [3.63, 3.8) is 0 Å². The summed E-state index contributed by atoms with van der Waals surface area (Å²) in [7, 11) is 1.79. The first kappa shape index (κ1) is 14.7. The van der Waals surface area contributed by atoms with E-state index >= 15 is 0 Å². The third-order valence-corrected chi connectivity index (χ3v) is 4.04. The lowest BCUT2D eigenvalue weighted by atomic mass is 10.0. The van der Waals surface area contributed by atoms with E-state index in [0.29, 0.717) is 27.1 Å². The lowest BCUT2D eigenvalue weighted by Crippen LogP contribution is -2.07. The number of aryl methyl sites for hydroxylation is 2. The van der Waals surface area contributed by atoms with Gasteiger partial charge in [-0.1, -0.05) is 34.8 Å². The molecule has 1 N–H and O–H groups in total. The Bertz CT molecular complexity index is 610. The van der Waals surface area contributed by atoms with Crippen molar-refractivity contribution >= 4 is 34.8 Å². The fraction of sp³-hybridized carbons (Fsp3) is 0.308. The lowest BCUT2D eigenvalue weighted by Gasteiger charge is -2.13. The second-order valence-electron chi connectivity index (χ2n) is 4.36. The van der Waals surface area contributed by atoms with E-state index in [1.165, 1.54) is 0 Å². The molecule has 1 aromatic carbocycles. The molecule has 0 aliphatic heterocycles. The predicted molar refractivity (Wildman–Crippen MR) is 78.1 cm³/mol. The van der Waals surface area contributed by atoms with Gasteiger partial charge in [-0.25, -0.2) is 0 Å². The Labute approximate surface area is 126 Å². The molecule has 0 bridgehead atoms. The van der Waals surface area contributed by atoms with Crippen molar-refractivity contribution in [3.8, 4) is 0 Å². The molecule has 1 aromatic heterocycles. The van der Waals surface area contributed by atoms with E-state index in [-0.39, 0.29) is 0 Å². The highest BCUT2D eigenvalue weighted by atomic mass is 35.5. The topological polar surface area (TPSA) is 38.0 Å². The maximum Gasteiger partial charge on any atom is 0.0860 e. The third kappa shape index (κ3) is 3.06. The summed E-state index contributed by atoms with van der Waals surface area (Å²) >= 11 is 18.1. The maximum atomic E-state index is 10.3. The van der Waals surface area contributed by atoms with Gasteiger partial charge in [-0.05, 0) is 25.1 Å². The van der Waals surface area contributed by atoms with E-state index in [4.69, 9.17) is 34.8 Å². The van der Waals surface area contributed by atoms with Gasteiger partial charge in [-0.2, -0.15) is 5.10 Å². The Morgan fingerprint density at radius 1 is 1.32 bits per heavy atom. The Hall–Kier alpha value is -0.740. The van der Waals surface area contributed by atoms with Gasteiger partial charge in [0.1, 0.15) is 0 Å². The molecule has 1 heterocycles. The van der Waals surface area contributed by atoms with Crippen LogP contribution in [0.25, 0.3) is 0 Å². The van der Waals surface area contributed by atoms with Gasteiger partial charge in [0.15, 0.2) is 0 Å². The van der Waals surface area contributed by atoms with Crippen LogP contribution in [0.1, 0.15) is 23.1 Å². The third-order valence-electron chi connectivity index (χ3n) is 2.97.